The zero-order valence-corrected chi connectivity index (χ0v) is 7.70. The van der Waals surface area contributed by atoms with E-state index in [1.54, 1.807) is 12.5 Å². The average molecular weight is 175 g/mol. The maximum Gasteiger partial charge on any atom is 0.0867 e. The SMILES string of the molecule is C=CNC=NCc1cccc(C)n1. The van der Waals surface area contributed by atoms with Crippen LogP contribution in [-0.2, 0) is 6.54 Å². The molecule has 0 amide bonds. The monoisotopic (exact) mass is 175 g/mol. The van der Waals surface area contributed by atoms with Gasteiger partial charge in [-0.15, -0.1) is 0 Å². The number of aliphatic imine (C=N–C) groups is 1. The molecule has 0 aliphatic carbocycles. The topological polar surface area (TPSA) is 37.3 Å². The number of hydrogen-bond donors (Lipinski definition) is 1. The van der Waals surface area contributed by atoms with Crippen molar-refractivity contribution in [2.45, 2.75) is 13.5 Å². The van der Waals surface area contributed by atoms with Crippen molar-refractivity contribution in [1.82, 2.24) is 10.3 Å². The van der Waals surface area contributed by atoms with Crippen LogP contribution in [0.3, 0.4) is 0 Å². The number of nitrogens with one attached hydrogen (secondary N) is 1. The van der Waals surface area contributed by atoms with Gasteiger partial charge >= 0.3 is 0 Å². The third-order valence-electron chi connectivity index (χ3n) is 1.48. The van der Waals surface area contributed by atoms with E-state index >= 15 is 0 Å². The molecule has 0 aliphatic heterocycles. The summed E-state index contributed by atoms with van der Waals surface area (Å²) in [7, 11) is 0. The van der Waals surface area contributed by atoms with E-state index in [9.17, 15) is 0 Å². The maximum absolute atomic E-state index is 4.30. The number of aryl methyl sites for hydroxylation is 1. The summed E-state index contributed by atoms with van der Waals surface area (Å²) in [4.78, 5) is 8.41. The van der Waals surface area contributed by atoms with Crippen molar-refractivity contribution in [2.75, 3.05) is 0 Å². The van der Waals surface area contributed by atoms with Crippen molar-refractivity contribution in [3.63, 3.8) is 0 Å². The van der Waals surface area contributed by atoms with E-state index in [4.69, 9.17) is 0 Å². The average Bonchev–Trinajstić information content (AvgIpc) is 2.13. The molecule has 0 spiro atoms. The molecule has 0 fully saturated rings. The van der Waals surface area contributed by atoms with E-state index in [-0.39, 0.29) is 0 Å². The first kappa shape index (κ1) is 9.45. The fourth-order valence-electron chi connectivity index (χ4n) is 0.932. The molecule has 0 saturated heterocycles. The molecular weight excluding hydrogens is 162 g/mol. The van der Waals surface area contributed by atoms with Crippen LogP contribution >= 0.6 is 0 Å². The molecule has 0 bridgehead atoms. The Morgan fingerprint density at radius 2 is 2.46 bits per heavy atom. The van der Waals surface area contributed by atoms with E-state index in [0.29, 0.717) is 6.54 Å². The molecule has 1 rings (SSSR count). The van der Waals surface area contributed by atoms with Crippen molar-refractivity contribution < 1.29 is 0 Å². The van der Waals surface area contributed by atoms with Gasteiger partial charge in [-0.05, 0) is 25.3 Å². The molecule has 1 heterocycles. The van der Waals surface area contributed by atoms with Crippen LogP contribution in [0.5, 0.6) is 0 Å². The number of pyridine rings is 1. The summed E-state index contributed by atoms with van der Waals surface area (Å²) in [6.45, 7) is 6.07. The molecule has 0 aromatic carbocycles. The zero-order valence-electron chi connectivity index (χ0n) is 7.70. The molecule has 3 nitrogen and oxygen atoms in total. The highest BCUT2D eigenvalue weighted by molar-refractivity contribution is 5.55. The van der Waals surface area contributed by atoms with Crippen LogP contribution in [0.4, 0.5) is 0 Å². The first-order chi connectivity index (χ1) is 6.33. The highest BCUT2D eigenvalue weighted by atomic mass is 14.9. The van der Waals surface area contributed by atoms with Crippen molar-refractivity contribution in [1.29, 1.82) is 0 Å². The van der Waals surface area contributed by atoms with E-state index in [2.05, 4.69) is 21.9 Å². The summed E-state index contributed by atoms with van der Waals surface area (Å²) in [6, 6.07) is 5.90. The normalized spacial score (nSPS) is 10.2. The van der Waals surface area contributed by atoms with Gasteiger partial charge in [-0.3, -0.25) is 9.98 Å². The lowest BCUT2D eigenvalue weighted by atomic mass is 10.3. The molecule has 68 valence electrons. The molecule has 0 atom stereocenters. The molecule has 1 aromatic rings. The Morgan fingerprint density at radius 1 is 1.62 bits per heavy atom. The zero-order chi connectivity index (χ0) is 9.52. The van der Waals surface area contributed by atoms with Crippen LogP contribution in [0.1, 0.15) is 11.4 Å². The highest BCUT2D eigenvalue weighted by Crippen LogP contribution is 1.98. The Bertz CT molecular complexity index is 305. The predicted octanol–water partition coefficient (Wildman–Crippen LogP) is 1.65. The van der Waals surface area contributed by atoms with Gasteiger partial charge in [0.1, 0.15) is 0 Å². The third kappa shape index (κ3) is 3.51. The summed E-state index contributed by atoms with van der Waals surface area (Å²) < 4.78 is 0. The molecule has 3 heteroatoms. The standard InChI is InChI=1S/C10H13N3/c1-3-11-8-12-7-10-6-4-5-9(2)13-10/h3-6,8H,1,7H2,2H3,(H,11,12). The lowest BCUT2D eigenvalue weighted by molar-refractivity contribution is 0.967. The minimum absolute atomic E-state index is 0.600. The molecule has 0 aliphatic rings. The van der Waals surface area contributed by atoms with Gasteiger partial charge in [-0.1, -0.05) is 12.6 Å². The highest BCUT2D eigenvalue weighted by Gasteiger charge is 1.90. The Labute approximate surface area is 78.2 Å². The minimum atomic E-state index is 0.600. The van der Waals surface area contributed by atoms with E-state index < -0.39 is 0 Å². The van der Waals surface area contributed by atoms with Crippen LogP contribution in [-0.4, -0.2) is 11.3 Å². The first-order valence-corrected chi connectivity index (χ1v) is 4.10. The van der Waals surface area contributed by atoms with Gasteiger partial charge in [-0.2, -0.15) is 0 Å². The second kappa shape index (κ2) is 5.09. The van der Waals surface area contributed by atoms with Crippen LogP contribution in [0.25, 0.3) is 0 Å². The lowest BCUT2D eigenvalue weighted by Gasteiger charge is -1.96. The summed E-state index contributed by atoms with van der Waals surface area (Å²) in [5.74, 6) is 0. The van der Waals surface area contributed by atoms with Gasteiger partial charge in [0.15, 0.2) is 0 Å². The Hall–Kier alpha value is -1.64. The number of aromatic nitrogens is 1. The van der Waals surface area contributed by atoms with E-state index in [1.165, 1.54) is 0 Å². The second-order valence-corrected chi connectivity index (χ2v) is 2.61. The fourth-order valence-corrected chi connectivity index (χ4v) is 0.932. The molecule has 1 N–H and O–H groups in total. The fraction of sp³-hybridized carbons (Fsp3) is 0.200. The summed E-state index contributed by atoms with van der Waals surface area (Å²) in [6.07, 6.45) is 3.18. The minimum Gasteiger partial charge on any atom is -0.354 e. The largest absolute Gasteiger partial charge is 0.354 e. The molecule has 1 aromatic heterocycles. The van der Waals surface area contributed by atoms with Crippen molar-refractivity contribution in [3.8, 4) is 0 Å². The van der Waals surface area contributed by atoms with Gasteiger partial charge < -0.3 is 5.32 Å². The van der Waals surface area contributed by atoms with E-state index in [0.717, 1.165) is 11.4 Å². The molecule has 0 unspecified atom stereocenters. The molecule has 0 saturated carbocycles. The van der Waals surface area contributed by atoms with Gasteiger partial charge in [0.2, 0.25) is 0 Å². The summed E-state index contributed by atoms with van der Waals surface area (Å²) in [5, 5.41) is 2.78. The van der Waals surface area contributed by atoms with Crippen LogP contribution in [0.15, 0.2) is 36.0 Å². The quantitative estimate of drug-likeness (QED) is 0.558. The van der Waals surface area contributed by atoms with Crippen LogP contribution in [0, 0.1) is 6.92 Å². The van der Waals surface area contributed by atoms with Crippen molar-refractivity contribution in [2.24, 2.45) is 4.99 Å². The third-order valence-corrected chi connectivity index (χ3v) is 1.48. The maximum atomic E-state index is 4.30. The second-order valence-electron chi connectivity index (χ2n) is 2.61. The van der Waals surface area contributed by atoms with Gasteiger partial charge in [0.25, 0.3) is 0 Å². The van der Waals surface area contributed by atoms with E-state index in [1.807, 2.05) is 25.1 Å². The van der Waals surface area contributed by atoms with Gasteiger partial charge in [-0.25, -0.2) is 0 Å². The Balaban J connectivity index is 2.49. The Kier molecular flexibility index (Phi) is 3.70. The Morgan fingerprint density at radius 3 is 3.15 bits per heavy atom. The van der Waals surface area contributed by atoms with Crippen molar-refractivity contribution in [3.05, 3.63) is 42.4 Å². The molecule has 13 heavy (non-hydrogen) atoms. The van der Waals surface area contributed by atoms with Crippen molar-refractivity contribution >= 4 is 6.34 Å². The smallest absolute Gasteiger partial charge is 0.0867 e. The van der Waals surface area contributed by atoms with Crippen LogP contribution < -0.4 is 5.32 Å². The van der Waals surface area contributed by atoms with Gasteiger partial charge in [0, 0.05) is 5.69 Å². The molecule has 0 radical (unpaired) electrons. The lowest BCUT2D eigenvalue weighted by Crippen LogP contribution is -1.99. The first-order valence-electron chi connectivity index (χ1n) is 4.10. The van der Waals surface area contributed by atoms with Crippen LogP contribution in [0.2, 0.25) is 0 Å². The predicted molar refractivity (Wildman–Crippen MR) is 54.5 cm³/mol. The number of rotatable bonds is 4. The summed E-state index contributed by atoms with van der Waals surface area (Å²) in [5.41, 5.74) is 1.99. The summed E-state index contributed by atoms with van der Waals surface area (Å²) >= 11 is 0. The van der Waals surface area contributed by atoms with Gasteiger partial charge in [0.05, 0.1) is 18.6 Å². The number of hydrogen-bond acceptors (Lipinski definition) is 2. The molecular formula is C10H13N3. The number of nitrogens with zero attached hydrogens (tertiary/aromatic N) is 2.